The molecule has 3 aromatic carbocycles. The molecule has 0 radical (unpaired) electrons. The Labute approximate surface area is 252 Å². The summed E-state index contributed by atoms with van der Waals surface area (Å²) >= 11 is 12.3. The molecule has 2 amide bonds. The molecule has 1 unspecified atom stereocenters. The van der Waals surface area contributed by atoms with Gasteiger partial charge in [0.15, 0.2) is 0 Å². The lowest BCUT2D eigenvalue weighted by Crippen LogP contribution is -2.55. The molecule has 0 heterocycles. The van der Waals surface area contributed by atoms with E-state index in [2.05, 4.69) is 5.32 Å². The molecule has 3 aromatic rings. The number of carbonyl (C=O) groups is 2. The Balaban J connectivity index is 1.71. The fraction of sp³-hybridized carbons (Fsp3) is 0.355. The predicted molar refractivity (Wildman–Crippen MR) is 165 cm³/mol. The summed E-state index contributed by atoms with van der Waals surface area (Å²) in [5.74, 6) is -0.767. The second-order valence-electron chi connectivity index (χ2n) is 10.5. The highest BCUT2D eigenvalue weighted by atomic mass is 35.5. The second kappa shape index (κ2) is 14.2. The number of carbonyl (C=O) groups excluding carboxylic acids is 2. The summed E-state index contributed by atoms with van der Waals surface area (Å²) in [6.07, 6.45) is 6.33. The van der Waals surface area contributed by atoms with E-state index in [-0.39, 0.29) is 40.6 Å². The normalized spacial score (nSPS) is 14.7. The van der Waals surface area contributed by atoms with Crippen molar-refractivity contribution in [1.82, 2.24) is 10.2 Å². The number of hydrogen-bond donors (Lipinski definition) is 1. The number of sulfonamides is 1. The third kappa shape index (κ3) is 8.96. The van der Waals surface area contributed by atoms with Crippen molar-refractivity contribution >= 4 is 50.7 Å². The summed E-state index contributed by atoms with van der Waals surface area (Å²) < 4.78 is 26.8. The van der Waals surface area contributed by atoms with Crippen LogP contribution in [0.15, 0.2) is 78.9 Å². The molecular weight excluding hydrogens is 581 g/mol. The molecule has 10 heteroatoms. The average Bonchev–Trinajstić information content (AvgIpc) is 2.94. The number of nitrogens with zero attached hydrogens (tertiary/aromatic N) is 2. The zero-order valence-electron chi connectivity index (χ0n) is 23.0. The van der Waals surface area contributed by atoms with Gasteiger partial charge in [-0.1, -0.05) is 103 Å². The number of nitrogens with one attached hydrogen (secondary N) is 1. The van der Waals surface area contributed by atoms with Gasteiger partial charge in [0.1, 0.15) is 12.6 Å². The minimum Gasteiger partial charge on any atom is -0.352 e. The number of benzene rings is 3. The first-order valence-corrected chi connectivity index (χ1v) is 16.3. The first kappa shape index (κ1) is 30.9. The van der Waals surface area contributed by atoms with Crippen molar-refractivity contribution in [1.29, 1.82) is 0 Å². The van der Waals surface area contributed by atoms with E-state index in [9.17, 15) is 18.0 Å². The van der Waals surface area contributed by atoms with Gasteiger partial charge < -0.3 is 10.2 Å². The molecule has 7 nitrogen and oxygen atoms in total. The molecule has 1 saturated carbocycles. The van der Waals surface area contributed by atoms with Gasteiger partial charge in [-0.3, -0.25) is 13.9 Å². The minimum absolute atomic E-state index is 0.0457. The van der Waals surface area contributed by atoms with Crippen LogP contribution >= 0.6 is 23.2 Å². The monoisotopic (exact) mass is 615 g/mol. The molecule has 218 valence electrons. The topological polar surface area (TPSA) is 86.8 Å². The maximum Gasteiger partial charge on any atom is 0.244 e. The first-order chi connectivity index (χ1) is 19.6. The Kier molecular flexibility index (Phi) is 10.7. The van der Waals surface area contributed by atoms with Crippen LogP contribution in [0.25, 0.3) is 0 Å². The molecule has 0 saturated heterocycles. The molecule has 0 aliphatic heterocycles. The first-order valence-electron chi connectivity index (χ1n) is 13.7. The van der Waals surface area contributed by atoms with Crippen molar-refractivity contribution in [2.75, 3.05) is 17.1 Å². The molecule has 0 spiro atoms. The summed E-state index contributed by atoms with van der Waals surface area (Å²) in [6, 6.07) is 22.4. The number of anilines is 1. The standard InChI is InChI=1S/C31H35Cl2N3O4S/c1-41(39,40)36(28-19-25(32)18-26(33)20-28)22-30(37)35(21-24-13-7-3-8-14-24)29(17-23-11-5-2-6-12-23)31(38)34-27-15-9-4-10-16-27/h2-3,5-8,11-14,18-20,27,29H,4,9-10,15-17,21-22H2,1H3,(H,34,38). The lowest BCUT2D eigenvalue weighted by molar-refractivity contribution is -0.140. The smallest absolute Gasteiger partial charge is 0.244 e. The molecule has 1 atom stereocenters. The number of halogens is 2. The predicted octanol–water partition coefficient (Wildman–Crippen LogP) is 5.85. The quantitative estimate of drug-likeness (QED) is 0.293. The maximum absolute atomic E-state index is 14.2. The molecule has 0 bridgehead atoms. The fourth-order valence-corrected chi connectivity index (χ4v) is 6.52. The Morgan fingerprint density at radius 1 is 0.878 bits per heavy atom. The van der Waals surface area contributed by atoms with Gasteiger partial charge in [-0.2, -0.15) is 0 Å². The van der Waals surface area contributed by atoms with Gasteiger partial charge in [0.25, 0.3) is 0 Å². The van der Waals surface area contributed by atoms with Crippen LogP contribution < -0.4 is 9.62 Å². The van der Waals surface area contributed by atoms with E-state index in [0.717, 1.165) is 53.8 Å². The summed E-state index contributed by atoms with van der Waals surface area (Å²) in [5.41, 5.74) is 1.88. The minimum atomic E-state index is -3.91. The molecule has 41 heavy (non-hydrogen) atoms. The molecule has 1 aliphatic carbocycles. The second-order valence-corrected chi connectivity index (χ2v) is 13.2. The van der Waals surface area contributed by atoms with Gasteiger partial charge in [0.05, 0.1) is 11.9 Å². The maximum atomic E-state index is 14.2. The van der Waals surface area contributed by atoms with E-state index in [1.807, 2.05) is 60.7 Å². The van der Waals surface area contributed by atoms with Gasteiger partial charge in [-0.15, -0.1) is 0 Å². The third-order valence-corrected chi connectivity index (χ3v) is 8.81. The van der Waals surface area contributed by atoms with Gasteiger partial charge in [-0.25, -0.2) is 8.42 Å². The molecule has 1 N–H and O–H groups in total. The Morgan fingerprint density at radius 2 is 1.44 bits per heavy atom. The van der Waals surface area contributed by atoms with Gasteiger partial charge >= 0.3 is 0 Å². The van der Waals surface area contributed by atoms with Crippen LogP contribution in [0.2, 0.25) is 10.0 Å². The van der Waals surface area contributed by atoms with E-state index in [0.29, 0.717) is 0 Å². The van der Waals surface area contributed by atoms with E-state index in [1.165, 1.54) is 23.1 Å². The average molecular weight is 617 g/mol. The lowest BCUT2D eigenvalue weighted by atomic mass is 9.94. The highest BCUT2D eigenvalue weighted by molar-refractivity contribution is 7.92. The van der Waals surface area contributed by atoms with Crippen molar-refractivity contribution in [3.8, 4) is 0 Å². The van der Waals surface area contributed by atoms with Crippen LogP contribution in [0.3, 0.4) is 0 Å². The Bertz CT molecular complexity index is 1410. The molecule has 0 aromatic heterocycles. The Morgan fingerprint density at radius 3 is 2.00 bits per heavy atom. The van der Waals surface area contributed by atoms with Gasteiger partial charge in [-0.05, 0) is 42.2 Å². The Hall–Kier alpha value is -3.07. The number of hydrogen-bond acceptors (Lipinski definition) is 4. The molecule has 1 fully saturated rings. The van der Waals surface area contributed by atoms with Crippen molar-refractivity contribution in [2.24, 2.45) is 0 Å². The summed E-state index contributed by atoms with van der Waals surface area (Å²) in [6.45, 7) is -0.395. The van der Waals surface area contributed by atoms with E-state index >= 15 is 0 Å². The highest BCUT2D eigenvalue weighted by Crippen LogP contribution is 2.28. The van der Waals surface area contributed by atoms with E-state index < -0.39 is 28.5 Å². The van der Waals surface area contributed by atoms with Crippen LogP contribution in [0.4, 0.5) is 5.69 Å². The SMILES string of the molecule is CS(=O)(=O)N(CC(=O)N(Cc1ccccc1)C(Cc1ccccc1)C(=O)NC1CCCCC1)c1cc(Cl)cc(Cl)c1. The number of rotatable bonds is 11. The van der Waals surface area contributed by atoms with E-state index in [4.69, 9.17) is 23.2 Å². The molecule has 1 aliphatic rings. The van der Waals surface area contributed by atoms with Crippen molar-refractivity contribution < 1.29 is 18.0 Å². The number of amides is 2. The van der Waals surface area contributed by atoms with E-state index in [1.54, 1.807) is 0 Å². The molecular formula is C31H35Cl2N3O4S. The van der Waals surface area contributed by atoms with Crippen LogP contribution in [-0.2, 0) is 32.6 Å². The summed E-state index contributed by atoms with van der Waals surface area (Å²) in [5, 5.41) is 3.67. The van der Waals surface area contributed by atoms with Crippen LogP contribution in [0.1, 0.15) is 43.2 Å². The third-order valence-electron chi connectivity index (χ3n) is 7.23. The van der Waals surface area contributed by atoms with Crippen molar-refractivity contribution in [3.63, 3.8) is 0 Å². The van der Waals surface area contributed by atoms with Crippen LogP contribution in [0, 0.1) is 0 Å². The van der Waals surface area contributed by atoms with Gasteiger partial charge in [0, 0.05) is 29.1 Å². The van der Waals surface area contributed by atoms with Crippen molar-refractivity contribution in [2.45, 2.75) is 57.2 Å². The van der Waals surface area contributed by atoms with Gasteiger partial charge in [0.2, 0.25) is 21.8 Å². The van der Waals surface area contributed by atoms with Crippen molar-refractivity contribution in [3.05, 3.63) is 100 Å². The van der Waals surface area contributed by atoms with Crippen LogP contribution in [0.5, 0.6) is 0 Å². The lowest BCUT2D eigenvalue weighted by Gasteiger charge is -2.35. The molecule has 4 rings (SSSR count). The fourth-order valence-electron chi connectivity index (χ4n) is 5.18. The highest BCUT2D eigenvalue weighted by Gasteiger charge is 2.34. The largest absolute Gasteiger partial charge is 0.352 e. The zero-order chi connectivity index (χ0) is 29.4. The summed E-state index contributed by atoms with van der Waals surface area (Å²) in [7, 11) is -3.91. The summed E-state index contributed by atoms with van der Waals surface area (Å²) in [4.78, 5) is 29.6. The van der Waals surface area contributed by atoms with Crippen LogP contribution in [-0.4, -0.2) is 50.0 Å². The zero-order valence-corrected chi connectivity index (χ0v) is 25.3.